The Morgan fingerprint density at radius 2 is 1.78 bits per heavy atom. The fourth-order valence-corrected chi connectivity index (χ4v) is 2.04. The molecular weight excluding hydrogens is 228 g/mol. The molecular formula is C14H24N2O2. The first-order chi connectivity index (χ1) is 8.45. The van der Waals surface area contributed by atoms with E-state index in [9.17, 15) is 5.11 Å². The van der Waals surface area contributed by atoms with Crippen LogP contribution in [0.5, 0.6) is 5.75 Å². The van der Waals surface area contributed by atoms with Crippen molar-refractivity contribution in [1.29, 1.82) is 0 Å². The van der Waals surface area contributed by atoms with Crippen LogP contribution in [0.4, 0.5) is 0 Å². The van der Waals surface area contributed by atoms with Crippen LogP contribution in [0.2, 0.25) is 0 Å². The smallest absolute Gasteiger partial charge is 0.119 e. The Labute approximate surface area is 109 Å². The Morgan fingerprint density at radius 3 is 2.17 bits per heavy atom. The van der Waals surface area contributed by atoms with E-state index in [1.54, 1.807) is 0 Å². The van der Waals surface area contributed by atoms with Gasteiger partial charge in [-0.2, -0.15) is 0 Å². The summed E-state index contributed by atoms with van der Waals surface area (Å²) in [6.45, 7) is 3.96. The molecule has 0 saturated heterocycles. The van der Waals surface area contributed by atoms with E-state index in [0.29, 0.717) is 0 Å². The molecule has 0 aliphatic heterocycles. The molecule has 1 rings (SSSR count). The molecule has 0 fully saturated rings. The van der Waals surface area contributed by atoms with Gasteiger partial charge in [0.15, 0.2) is 0 Å². The third kappa shape index (κ3) is 3.98. The molecule has 0 radical (unpaired) electrons. The molecule has 3 N–H and O–H groups in total. The first-order valence-electron chi connectivity index (χ1n) is 6.25. The van der Waals surface area contributed by atoms with Gasteiger partial charge in [-0.05, 0) is 45.6 Å². The Kier molecular flexibility index (Phi) is 5.59. The minimum absolute atomic E-state index is 0.00287. The highest BCUT2D eigenvalue weighted by atomic mass is 16.5. The number of likely N-dealkylation sites (N-methyl/N-ethyl adjacent to an activating group) is 1. The van der Waals surface area contributed by atoms with Gasteiger partial charge in [0, 0.05) is 6.04 Å². The zero-order valence-corrected chi connectivity index (χ0v) is 11.6. The molecule has 102 valence electrons. The molecule has 2 unspecified atom stereocenters. The monoisotopic (exact) mass is 252 g/mol. The maximum Gasteiger partial charge on any atom is 0.119 e. The molecule has 0 aromatic heterocycles. The van der Waals surface area contributed by atoms with Crippen LogP contribution < -0.4 is 10.5 Å². The largest absolute Gasteiger partial charge is 0.491 e. The SMILES string of the molecule is CC(C)Oc1ccc(C(C(N)CO)N(C)C)cc1. The van der Waals surface area contributed by atoms with Crippen LogP contribution >= 0.6 is 0 Å². The van der Waals surface area contributed by atoms with Gasteiger partial charge >= 0.3 is 0 Å². The fraction of sp³-hybridized carbons (Fsp3) is 0.571. The van der Waals surface area contributed by atoms with Crippen LogP contribution in [0.15, 0.2) is 24.3 Å². The summed E-state index contributed by atoms with van der Waals surface area (Å²) in [4.78, 5) is 2.01. The lowest BCUT2D eigenvalue weighted by Crippen LogP contribution is -2.39. The maximum atomic E-state index is 9.21. The number of ether oxygens (including phenoxy) is 1. The average Bonchev–Trinajstić information content (AvgIpc) is 2.30. The van der Waals surface area contributed by atoms with E-state index in [0.717, 1.165) is 11.3 Å². The van der Waals surface area contributed by atoms with Crippen LogP contribution in [-0.2, 0) is 0 Å². The topological polar surface area (TPSA) is 58.7 Å². The molecule has 0 amide bonds. The number of hydrogen-bond donors (Lipinski definition) is 2. The van der Waals surface area contributed by atoms with Crippen molar-refractivity contribution in [3.63, 3.8) is 0 Å². The van der Waals surface area contributed by atoms with Gasteiger partial charge in [-0.1, -0.05) is 12.1 Å². The molecule has 0 heterocycles. The minimum atomic E-state index is -0.295. The zero-order valence-electron chi connectivity index (χ0n) is 11.6. The average molecular weight is 252 g/mol. The molecule has 4 heteroatoms. The summed E-state index contributed by atoms with van der Waals surface area (Å²) < 4.78 is 5.60. The Morgan fingerprint density at radius 1 is 1.22 bits per heavy atom. The summed E-state index contributed by atoms with van der Waals surface area (Å²) in [5, 5.41) is 9.21. The molecule has 0 aliphatic carbocycles. The predicted octanol–water partition coefficient (Wildman–Crippen LogP) is 1.40. The Balaban J connectivity index is 2.87. The van der Waals surface area contributed by atoms with E-state index in [1.807, 2.05) is 57.1 Å². The lowest BCUT2D eigenvalue weighted by molar-refractivity contribution is 0.181. The van der Waals surface area contributed by atoms with Crippen molar-refractivity contribution in [2.45, 2.75) is 32.0 Å². The summed E-state index contributed by atoms with van der Waals surface area (Å²) in [7, 11) is 3.91. The molecule has 1 aromatic carbocycles. The number of nitrogens with zero attached hydrogens (tertiary/aromatic N) is 1. The van der Waals surface area contributed by atoms with Crippen molar-refractivity contribution in [1.82, 2.24) is 4.90 Å². The molecule has 18 heavy (non-hydrogen) atoms. The van der Waals surface area contributed by atoms with Crippen molar-refractivity contribution in [3.05, 3.63) is 29.8 Å². The van der Waals surface area contributed by atoms with E-state index < -0.39 is 0 Å². The number of aliphatic hydroxyl groups excluding tert-OH is 1. The van der Waals surface area contributed by atoms with E-state index in [4.69, 9.17) is 10.5 Å². The molecule has 1 aromatic rings. The summed E-state index contributed by atoms with van der Waals surface area (Å²) in [5.41, 5.74) is 7.03. The highest BCUT2D eigenvalue weighted by Crippen LogP contribution is 2.23. The predicted molar refractivity (Wildman–Crippen MR) is 73.7 cm³/mol. The van der Waals surface area contributed by atoms with Gasteiger partial charge in [0.25, 0.3) is 0 Å². The van der Waals surface area contributed by atoms with Crippen molar-refractivity contribution >= 4 is 0 Å². The molecule has 0 bridgehead atoms. The number of benzene rings is 1. The second-order valence-corrected chi connectivity index (χ2v) is 4.99. The number of hydrogen-bond acceptors (Lipinski definition) is 4. The van der Waals surface area contributed by atoms with Crippen molar-refractivity contribution in [2.24, 2.45) is 5.73 Å². The lowest BCUT2D eigenvalue weighted by Gasteiger charge is -2.29. The second-order valence-electron chi connectivity index (χ2n) is 4.99. The quantitative estimate of drug-likeness (QED) is 0.803. The Hall–Kier alpha value is -1.10. The zero-order chi connectivity index (χ0) is 13.7. The van der Waals surface area contributed by atoms with Crippen molar-refractivity contribution in [3.8, 4) is 5.75 Å². The van der Waals surface area contributed by atoms with E-state index in [1.165, 1.54) is 0 Å². The summed E-state index contributed by atoms with van der Waals surface area (Å²) >= 11 is 0. The van der Waals surface area contributed by atoms with E-state index >= 15 is 0 Å². The maximum absolute atomic E-state index is 9.21. The molecule has 4 nitrogen and oxygen atoms in total. The highest BCUT2D eigenvalue weighted by Gasteiger charge is 2.21. The molecule has 0 aliphatic rings. The van der Waals surface area contributed by atoms with Gasteiger partial charge in [0.05, 0.1) is 18.8 Å². The van der Waals surface area contributed by atoms with Crippen molar-refractivity contribution in [2.75, 3.05) is 20.7 Å². The van der Waals surface area contributed by atoms with Gasteiger partial charge in [-0.15, -0.1) is 0 Å². The third-order valence-electron chi connectivity index (χ3n) is 2.77. The van der Waals surface area contributed by atoms with Crippen LogP contribution in [0.3, 0.4) is 0 Å². The number of nitrogens with two attached hydrogens (primary N) is 1. The lowest BCUT2D eigenvalue weighted by atomic mass is 9.99. The second kappa shape index (κ2) is 6.73. The van der Waals surface area contributed by atoms with E-state index in [-0.39, 0.29) is 24.8 Å². The molecule has 0 spiro atoms. The minimum Gasteiger partial charge on any atom is -0.491 e. The third-order valence-corrected chi connectivity index (χ3v) is 2.77. The normalized spacial score (nSPS) is 14.9. The number of aliphatic hydroxyl groups is 1. The molecule has 2 atom stereocenters. The number of rotatable bonds is 6. The van der Waals surface area contributed by atoms with Gasteiger partial charge in [0.1, 0.15) is 5.75 Å². The first kappa shape index (κ1) is 15.0. The van der Waals surface area contributed by atoms with Crippen LogP contribution in [-0.4, -0.2) is 42.9 Å². The summed E-state index contributed by atoms with van der Waals surface area (Å²) in [5.74, 6) is 0.851. The van der Waals surface area contributed by atoms with Crippen LogP contribution in [0, 0.1) is 0 Å². The summed E-state index contributed by atoms with van der Waals surface area (Å²) in [6, 6.07) is 7.58. The standard InChI is InChI=1S/C14H24N2O2/c1-10(2)18-12-7-5-11(6-8-12)14(16(3)4)13(15)9-17/h5-8,10,13-14,17H,9,15H2,1-4H3. The van der Waals surface area contributed by atoms with Crippen LogP contribution in [0.25, 0.3) is 0 Å². The Bertz CT molecular complexity index is 349. The summed E-state index contributed by atoms with van der Waals surface area (Å²) in [6.07, 6.45) is 0.167. The van der Waals surface area contributed by atoms with Gasteiger partial charge in [0.2, 0.25) is 0 Å². The fourth-order valence-electron chi connectivity index (χ4n) is 2.04. The van der Waals surface area contributed by atoms with E-state index in [2.05, 4.69) is 0 Å². The highest BCUT2D eigenvalue weighted by molar-refractivity contribution is 5.30. The van der Waals surface area contributed by atoms with Gasteiger partial charge in [-0.25, -0.2) is 0 Å². The molecule has 0 saturated carbocycles. The van der Waals surface area contributed by atoms with Gasteiger partial charge in [-0.3, -0.25) is 0 Å². The first-order valence-corrected chi connectivity index (χ1v) is 6.25. The van der Waals surface area contributed by atoms with Gasteiger partial charge < -0.3 is 20.5 Å². The van der Waals surface area contributed by atoms with Crippen LogP contribution in [0.1, 0.15) is 25.5 Å². The van der Waals surface area contributed by atoms with Crippen molar-refractivity contribution < 1.29 is 9.84 Å².